The van der Waals surface area contributed by atoms with Gasteiger partial charge in [0.2, 0.25) is 0 Å². The second-order valence-electron chi connectivity index (χ2n) is 24.2. The predicted octanol–water partition coefficient (Wildman–Crippen LogP) is 26.0. The van der Waals surface area contributed by atoms with E-state index in [0.717, 1.165) is 136 Å². The van der Waals surface area contributed by atoms with Gasteiger partial charge in [-0.2, -0.15) is 0 Å². The molecule has 508 valence electrons. The Balaban J connectivity index is 0.000000119. The first kappa shape index (κ1) is 71.0. The summed E-state index contributed by atoms with van der Waals surface area (Å²) in [7, 11) is 0. The summed E-state index contributed by atoms with van der Waals surface area (Å²) in [4.78, 5) is 43.1. The Labute approximate surface area is 650 Å². The van der Waals surface area contributed by atoms with Gasteiger partial charge in [-0.05, 0) is 77.9 Å². The molecule has 0 unspecified atom stereocenters. The molecule has 0 spiro atoms. The van der Waals surface area contributed by atoms with E-state index in [-0.39, 0.29) is 0 Å². The van der Waals surface area contributed by atoms with Crippen LogP contribution in [0.2, 0.25) is 0 Å². The van der Waals surface area contributed by atoms with Crippen molar-refractivity contribution in [3.05, 3.63) is 400 Å². The summed E-state index contributed by atoms with van der Waals surface area (Å²) >= 11 is 14.1. The Bertz CT molecular complexity index is 5090. The van der Waals surface area contributed by atoms with Crippen LogP contribution in [0.1, 0.15) is 0 Å². The third kappa shape index (κ3) is 18.7. The molecule has 0 aliphatic rings. The van der Waals surface area contributed by atoms with E-state index in [9.17, 15) is 0 Å². The summed E-state index contributed by atoms with van der Waals surface area (Å²) in [5.41, 5.74) is 20.2. The molecular formula is C93H63Br4N9. The van der Waals surface area contributed by atoms with E-state index in [2.05, 4.69) is 184 Å². The maximum absolute atomic E-state index is 4.90. The average molecular weight is 1630 g/mol. The minimum absolute atomic E-state index is 0.661. The number of hydrogen-bond acceptors (Lipinski definition) is 9. The molecule has 4 aromatic heterocycles. The standard InChI is InChI=1S/C28H19BrN2.2C22H15BrN2.C21H14BrN3/c29-25-17-15-21(16-18-25)20-11-13-23(14-12-20)27-19-26(22-7-3-1-4-8-22)30-28(31-27)24-9-5-2-6-10-24;23-19-13-7-12-18(14-19)21-15-20(16-8-3-1-4-9-16)24-22(25-21)17-10-5-2-6-11-17;23-19-13-7-12-18(14-19)22-24-20(16-8-3-1-4-9-16)15-21(25-22)17-10-5-2-6-11-17;22-18-13-7-12-17(14-18)21-24-19(15-8-3-1-4-9-15)23-20(25-21)16-10-5-2-6-11-16/h1-19H;2*1-15H;1-14H. The summed E-state index contributed by atoms with van der Waals surface area (Å²) in [6.07, 6.45) is 0. The fourth-order valence-corrected chi connectivity index (χ4v) is 13.0. The van der Waals surface area contributed by atoms with Gasteiger partial charge in [-0.3, -0.25) is 0 Å². The van der Waals surface area contributed by atoms with Crippen LogP contribution in [0.4, 0.5) is 0 Å². The first-order chi connectivity index (χ1) is 52.1. The molecule has 0 aliphatic heterocycles. The number of nitrogens with zero attached hydrogens (tertiary/aromatic N) is 9. The molecule has 0 aliphatic carbocycles. The van der Waals surface area contributed by atoms with Crippen molar-refractivity contribution >= 4 is 63.7 Å². The number of aromatic nitrogens is 9. The van der Waals surface area contributed by atoms with Crippen LogP contribution in [-0.2, 0) is 0 Å². The minimum Gasteiger partial charge on any atom is -0.228 e. The normalized spacial score (nSPS) is 10.6. The minimum atomic E-state index is 0.661. The lowest BCUT2D eigenvalue weighted by Crippen LogP contribution is -2.00. The van der Waals surface area contributed by atoms with Crippen molar-refractivity contribution in [2.45, 2.75) is 0 Å². The third-order valence-corrected chi connectivity index (χ3v) is 18.9. The lowest BCUT2D eigenvalue weighted by Gasteiger charge is -2.10. The third-order valence-electron chi connectivity index (χ3n) is 16.9. The van der Waals surface area contributed by atoms with Crippen molar-refractivity contribution in [2.24, 2.45) is 0 Å². The van der Waals surface area contributed by atoms with Crippen molar-refractivity contribution in [3.63, 3.8) is 0 Å². The molecule has 0 atom stereocenters. The maximum Gasteiger partial charge on any atom is 0.164 e. The van der Waals surface area contributed by atoms with Gasteiger partial charge in [0.15, 0.2) is 34.9 Å². The first-order valence-electron chi connectivity index (χ1n) is 34.2. The fraction of sp³-hybridized carbons (Fsp3) is 0. The van der Waals surface area contributed by atoms with Gasteiger partial charge in [-0.15, -0.1) is 0 Å². The van der Waals surface area contributed by atoms with E-state index in [1.54, 1.807) is 0 Å². The summed E-state index contributed by atoms with van der Waals surface area (Å²) in [6.45, 7) is 0. The molecule has 13 aromatic carbocycles. The summed E-state index contributed by atoms with van der Waals surface area (Å²) in [6, 6.07) is 128. The number of hydrogen-bond donors (Lipinski definition) is 0. The van der Waals surface area contributed by atoms with Gasteiger partial charge in [0, 0.05) is 84.7 Å². The number of benzene rings is 13. The van der Waals surface area contributed by atoms with Crippen molar-refractivity contribution in [2.75, 3.05) is 0 Å². The van der Waals surface area contributed by atoms with Crippen LogP contribution in [-0.4, -0.2) is 44.9 Å². The molecule has 0 saturated carbocycles. The van der Waals surface area contributed by atoms with E-state index in [1.807, 2.05) is 267 Å². The zero-order chi connectivity index (χ0) is 72.2. The molecule has 0 fully saturated rings. The van der Waals surface area contributed by atoms with Crippen molar-refractivity contribution in [1.29, 1.82) is 0 Å². The Morgan fingerprint density at radius 2 is 0.311 bits per heavy atom. The average Bonchev–Trinajstić information content (AvgIpc) is 0.818. The molecule has 17 rings (SSSR count). The van der Waals surface area contributed by atoms with E-state index in [4.69, 9.17) is 39.9 Å². The lowest BCUT2D eigenvalue weighted by molar-refractivity contribution is 1.07. The molecule has 4 heterocycles. The highest BCUT2D eigenvalue weighted by Gasteiger charge is 2.16. The zero-order valence-corrected chi connectivity index (χ0v) is 63.3. The highest BCUT2D eigenvalue weighted by molar-refractivity contribution is 9.11. The van der Waals surface area contributed by atoms with Crippen LogP contribution in [0, 0.1) is 0 Å². The van der Waals surface area contributed by atoms with Gasteiger partial charge in [0.05, 0.1) is 34.2 Å². The SMILES string of the molecule is Brc1ccc(-c2ccc(-c3cc(-c4ccccc4)nc(-c4ccccc4)n3)cc2)cc1.Brc1cccc(-c2cc(-c3ccccc3)nc(-c3ccccc3)n2)c1.Brc1cccc(-c2nc(-c3ccccc3)cc(-c3ccccc3)n2)c1.Brc1cccc(-c2nc(-c3ccccc3)nc(-c3ccccc3)n2)c1. The summed E-state index contributed by atoms with van der Waals surface area (Å²) in [5, 5.41) is 0. The van der Waals surface area contributed by atoms with E-state index in [1.165, 1.54) is 11.1 Å². The lowest BCUT2D eigenvalue weighted by atomic mass is 10.0. The smallest absolute Gasteiger partial charge is 0.164 e. The molecular weight excluding hydrogens is 1560 g/mol. The topological polar surface area (TPSA) is 116 Å². The van der Waals surface area contributed by atoms with E-state index < -0.39 is 0 Å². The van der Waals surface area contributed by atoms with Gasteiger partial charge in [0.25, 0.3) is 0 Å². The molecule has 9 nitrogen and oxygen atoms in total. The van der Waals surface area contributed by atoms with Gasteiger partial charge >= 0.3 is 0 Å². The second kappa shape index (κ2) is 35.0. The number of halogens is 4. The predicted molar refractivity (Wildman–Crippen MR) is 447 cm³/mol. The van der Waals surface area contributed by atoms with Gasteiger partial charge in [0.1, 0.15) is 0 Å². The van der Waals surface area contributed by atoms with Gasteiger partial charge in [-0.1, -0.05) is 379 Å². The molecule has 17 aromatic rings. The Morgan fingerprint density at radius 1 is 0.123 bits per heavy atom. The second-order valence-corrected chi connectivity index (χ2v) is 27.9. The van der Waals surface area contributed by atoms with Crippen molar-refractivity contribution < 1.29 is 0 Å². The Morgan fingerprint density at radius 3 is 0.594 bits per heavy atom. The Hall–Kier alpha value is -12.0. The summed E-state index contributed by atoms with van der Waals surface area (Å²) < 4.78 is 4.12. The Kier molecular flexibility index (Phi) is 23.5. The number of rotatable bonds is 13. The molecule has 0 saturated heterocycles. The maximum atomic E-state index is 4.90. The quantitative estimate of drug-likeness (QED) is 0.111. The monoisotopic (exact) mass is 1620 g/mol. The summed E-state index contributed by atoms with van der Waals surface area (Å²) in [5.74, 6) is 4.19. The molecule has 0 radical (unpaired) electrons. The van der Waals surface area contributed by atoms with Crippen molar-refractivity contribution in [3.8, 4) is 147 Å². The van der Waals surface area contributed by atoms with Crippen LogP contribution in [0.3, 0.4) is 0 Å². The largest absolute Gasteiger partial charge is 0.228 e. The molecule has 0 N–H and O–H groups in total. The van der Waals surface area contributed by atoms with Crippen LogP contribution in [0.5, 0.6) is 0 Å². The molecule has 0 amide bonds. The van der Waals surface area contributed by atoms with E-state index >= 15 is 0 Å². The van der Waals surface area contributed by atoms with Crippen LogP contribution in [0.15, 0.2) is 400 Å². The van der Waals surface area contributed by atoms with Crippen LogP contribution in [0.25, 0.3) is 147 Å². The highest BCUT2D eigenvalue weighted by Crippen LogP contribution is 2.34. The zero-order valence-electron chi connectivity index (χ0n) is 56.9. The fourth-order valence-electron chi connectivity index (χ4n) is 11.5. The molecule has 13 heteroatoms. The molecule has 0 bridgehead atoms. The molecule has 106 heavy (non-hydrogen) atoms. The van der Waals surface area contributed by atoms with Crippen molar-refractivity contribution in [1.82, 2.24) is 44.9 Å². The first-order valence-corrected chi connectivity index (χ1v) is 37.3. The van der Waals surface area contributed by atoms with Gasteiger partial charge < -0.3 is 0 Å². The van der Waals surface area contributed by atoms with Crippen LogP contribution < -0.4 is 0 Å². The van der Waals surface area contributed by atoms with E-state index in [0.29, 0.717) is 17.5 Å². The highest BCUT2D eigenvalue weighted by atomic mass is 79.9. The van der Waals surface area contributed by atoms with Crippen LogP contribution >= 0.6 is 63.7 Å². The van der Waals surface area contributed by atoms with Gasteiger partial charge in [-0.25, -0.2) is 44.9 Å².